The Labute approximate surface area is 447 Å². The molecule has 0 radical (unpaired) electrons. The van der Waals surface area contributed by atoms with Crippen LogP contribution in [0.25, 0.3) is 105 Å². The molecule has 0 saturated heterocycles. The molecule has 0 N–H and O–H groups in total. The van der Waals surface area contributed by atoms with Gasteiger partial charge in [0.2, 0.25) is 5.95 Å². The number of rotatable bonds is 9. The quantitative estimate of drug-likeness (QED) is 0.107. The first kappa shape index (κ1) is 38.7. The number of aromatic nitrogens is 5. The van der Waals surface area contributed by atoms with Gasteiger partial charge in [-0.15, -0.1) is 0 Å². The Balaban J connectivity index is 1.09. The standard InChI is InChI=1S/C70H47N5Si/c1-5-23-48(24-6-1)61-47-62(72-70(71-61)75-66-39-21-15-33-56(66)57-34-16-22-40-67(57)75)60-46-53(76(50-25-7-2-8-26-50,51-27-9-3-10-28-51)52-29-11-4-12-30-52)42-44-69(60)74-65-38-20-17-35-58(65)59-45-49(41-43-68(59)74)73-63-36-18-13-31-54(63)55-32-14-19-37-64(55)73/h1-47H/i1D,5D,6D,23D,24D. The maximum absolute atomic E-state index is 9.41. The van der Waals surface area contributed by atoms with Crippen molar-refractivity contribution in [2.24, 2.45) is 0 Å². The molecule has 0 amide bonds. The Morgan fingerprint density at radius 3 is 1.25 bits per heavy atom. The van der Waals surface area contributed by atoms with Crippen LogP contribution in [-0.2, 0) is 0 Å². The molecule has 0 aliphatic heterocycles. The number of para-hydroxylation sites is 5. The molecule has 0 bridgehead atoms. The molecule has 0 aliphatic carbocycles. The Morgan fingerprint density at radius 2 is 0.737 bits per heavy atom. The van der Waals surface area contributed by atoms with Gasteiger partial charge in [-0.05, 0) is 81.4 Å². The molecule has 4 aromatic heterocycles. The first-order valence-corrected chi connectivity index (χ1v) is 27.6. The lowest BCUT2D eigenvalue weighted by molar-refractivity contribution is 0.994. The molecule has 6 heteroatoms. The van der Waals surface area contributed by atoms with Gasteiger partial charge in [0.15, 0.2) is 8.07 Å². The average molecular weight is 991 g/mol. The summed E-state index contributed by atoms with van der Waals surface area (Å²) < 4.78 is 52.0. The third-order valence-corrected chi connectivity index (χ3v) is 20.1. The Bertz CT molecular complexity index is 4780. The second-order valence-electron chi connectivity index (χ2n) is 19.3. The fourth-order valence-electron chi connectivity index (χ4n) is 12.1. The minimum atomic E-state index is -3.21. The second-order valence-corrected chi connectivity index (χ2v) is 23.1. The van der Waals surface area contributed by atoms with E-state index in [9.17, 15) is 2.74 Å². The van der Waals surface area contributed by atoms with Crippen molar-refractivity contribution in [2.75, 3.05) is 0 Å². The number of hydrogen-bond donors (Lipinski definition) is 0. The van der Waals surface area contributed by atoms with Crippen LogP contribution in [0.1, 0.15) is 6.85 Å². The van der Waals surface area contributed by atoms with E-state index in [1.165, 1.54) is 26.3 Å². The first-order chi connectivity index (χ1) is 39.8. The highest BCUT2D eigenvalue weighted by Crippen LogP contribution is 2.40. The molecular weight excluding hydrogens is 939 g/mol. The van der Waals surface area contributed by atoms with Crippen LogP contribution in [0.15, 0.2) is 285 Å². The van der Waals surface area contributed by atoms with Gasteiger partial charge in [0, 0.05) is 49.1 Å². The number of fused-ring (bicyclic) bond motifs is 9. The smallest absolute Gasteiger partial charge is 0.235 e. The molecule has 0 spiro atoms. The van der Waals surface area contributed by atoms with Crippen molar-refractivity contribution in [2.45, 2.75) is 0 Å². The Morgan fingerprint density at radius 1 is 0.316 bits per heavy atom. The van der Waals surface area contributed by atoms with Gasteiger partial charge in [-0.2, -0.15) is 0 Å². The average Bonchev–Trinajstić information content (AvgIpc) is 3.70. The Kier molecular flexibility index (Phi) is 8.99. The summed E-state index contributed by atoms with van der Waals surface area (Å²) in [5.41, 5.74) is 9.27. The van der Waals surface area contributed by atoms with Crippen molar-refractivity contribution >= 4 is 94.2 Å². The highest BCUT2D eigenvalue weighted by molar-refractivity contribution is 7.20. The van der Waals surface area contributed by atoms with Crippen LogP contribution >= 0.6 is 0 Å². The SMILES string of the molecule is [2H]c1c([2H])c([2H])c(-c2cc(-c3cc([Si](c4ccccc4)(c4ccccc4)c4ccccc4)ccc3-n3c4ccccc4c4cc(-n5c6ccccc6c6ccccc65)ccc43)nc(-n3c4ccccc4c4ccccc43)n2)c([2H])c1[2H]. The molecule has 356 valence electrons. The van der Waals surface area contributed by atoms with E-state index in [1.807, 2.05) is 47.0 Å². The van der Waals surface area contributed by atoms with Crippen LogP contribution in [0.5, 0.6) is 0 Å². The molecule has 15 rings (SSSR count). The van der Waals surface area contributed by atoms with E-state index in [0.29, 0.717) is 11.6 Å². The van der Waals surface area contributed by atoms with E-state index in [2.05, 4.69) is 221 Å². The van der Waals surface area contributed by atoms with Crippen molar-refractivity contribution in [3.8, 4) is 39.8 Å². The van der Waals surface area contributed by atoms with Crippen LogP contribution in [0.4, 0.5) is 0 Å². The molecule has 0 saturated carbocycles. The summed E-state index contributed by atoms with van der Waals surface area (Å²) in [6.45, 7) is 0. The van der Waals surface area contributed by atoms with E-state index in [1.54, 1.807) is 0 Å². The molecule has 4 heterocycles. The third-order valence-electron chi connectivity index (χ3n) is 15.3. The molecule has 0 aliphatic rings. The number of nitrogens with zero attached hydrogens (tertiary/aromatic N) is 5. The van der Waals surface area contributed by atoms with Gasteiger partial charge in [0.25, 0.3) is 0 Å². The van der Waals surface area contributed by atoms with Crippen LogP contribution in [-0.4, -0.2) is 31.7 Å². The predicted octanol–water partition coefficient (Wildman–Crippen LogP) is 14.5. The molecule has 5 nitrogen and oxygen atoms in total. The van der Waals surface area contributed by atoms with Gasteiger partial charge >= 0.3 is 0 Å². The summed E-state index contributed by atoms with van der Waals surface area (Å²) in [5, 5.41) is 11.2. The molecule has 0 atom stereocenters. The summed E-state index contributed by atoms with van der Waals surface area (Å²) in [6, 6.07) is 87.8. The summed E-state index contributed by atoms with van der Waals surface area (Å²) in [5.74, 6) is 0.291. The lowest BCUT2D eigenvalue weighted by atomic mass is 10.1. The van der Waals surface area contributed by atoms with Gasteiger partial charge in [0.1, 0.15) is 0 Å². The number of benzene rings is 11. The van der Waals surface area contributed by atoms with E-state index < -0.39 is 26.2 Å². The molecule has 0 fully saturated rings. The lowest BCUT2D eigenvalue weighted by Crippen LogP contribution is -2.74. The summed E-state index contributed by atoms with van der Waals surface area (Å²) in [6.07, 6.45) is 0. The minimum absolute atomic E-state index is 0.0135. The van der Waals surface area contributed by atoms with E-state index in [-0.39, 0.29) is 23.3 Å². The van der Waals surface area contributed by atoms with Crippen LogP contribution in [0, 0.1) is 0 Å². The van der Waals surface area contributed by atoms with Crippen LogP contribution in [0.3, 0.4) is 0 Å². The second kappa shape index (κ2) is 17.7. The molecule has 76 heavy (non-hydrogen) atoms. The van der Waals surface area contributed by atoms with Gasteiger partial charge in [0.05, 0.1) is 57.0 Å². The summed E-state index contributed by atoms with van der Waals surface area (Å²) >= 11 is 0. The fraction of sp³-hybridized carbons (Fsp3) is 0. The van der Waals surface area contributed by atoms with Gasteiger partial charge in [-0.3, -0.25) is 4.57 Å². The zero-order valence-electron chi connectivity index (χ0n) is 46.0. The topological polar surface area (TPSA) is 40.6 Å². The van der Waals surface area contributed by atoms with Crippen LogP contribution in [0.2, 0.25) is 0 Å². The summed E-state index contributed by atoms with van der Waals surface area (Å²) in [4.78, 5) is 10.9. The Hall–Kier alpha value is -9.88. The monoisotopic (exact) mass is 990 g/mol. The minimum Gasteiger partial charge on any atom is -0.309 e. The van der Waals surface area contributed by atoms with E-state index in [0.717, 1.165) is 76.8 Å². The van der Waals surface area contributed by atoms with Crippen molar-refractivity contribution in [1.29, 1.82) is 0 Å². The van der Waals surface area contributed by atoms with Gasteiger partial charge < -0.3 is 9.13 Å². The van der Waals surface area contributed by atoms with Crippen molar-refractivity contribution in [3.63, 3.8) is 0 Å². The van der Waals surface area contributed by atoms with E-state index >= 15 is 0 Å². The zero-order valence-corrected chi connectivity index (χ0v) is 42.0. The normalized spacial score (nSPS) is 12.9. The highest BCUT2D eigenvalue weighted by atomic mass is 28.3. The fourth-order valence-corrected chi connectivity index (χ4v) is 16.9. The van der Waals surface area contributed by atoms with E-state index in [4.69, 9.17) is 14.1 Å². The van der Waals surface area contributed by atoms with Crippen molar-refractivity contribution in [1.82, 2.24) is 23.7 Å². The molecular formula is C70H47N5Si. The molecule has 15 aromatic rings. The maximum atomic E-state index is 9.41. The van der Waals surface area contributed by atoms with Crippen molar-refractivity contribution < 1.29 is 6.85 Å². The lowest BCUT2D eigenvalue weighted by Gasteiger charge is -2.35. The zero-order chi connectivity index (χ0) is 54.5. The predicted molar refractivity (Wildman–Crippen MR) is 320 cm³/mol. The maximum Gasteiger partial charge on any atom is 0.235 e. The highest BCUT2D eigenvalue weighted by Gasteiger charge is 2.42. The number of hydrogen-bond acceptors (Lipinski definition) is 2. The summed E-state index contributed by atoms with van der Waals surface area (Å²) in [7, 11) is -3.21. The first-order valence-electron chi connectivity index (χ1n) is 28.1. The molecule has 0 unspecified atom stereocenters. The van der Waals surface area contributed by atoms with Gasteiger partial charge in [-0.1, -0.05) is 224 Å². The third kappa shape index (κ3) is 6.71. The molecule has 11 aromatic carbocycles. The van der Waals surface area contributed by atoms with Crippen molar-refractivity contribution in [3.05, 3.63) is 285 Å². The largest absolute Gasteiger partial charge is 0.309 e. The van der Waals surface area contributed by atoms with Gasteiger partial charge in [-0.25, -0.2) is 9.97 Å². The van der Waals surface area contributed by atoms with Crippen LogP contribution < -0.4 is 20.7 Å².